The number of benzene rings is 3. The van der Waals surface area contributed by atoms with Gasteiger partial charge >= 0.3 is 12.1 Å². The van der Waals surface area contributed by atoms with Gasteiger partial charge in [0, 0.05) is 44.5 Å². The number of nitrogens with two attached hydrogens (primary N) is 1. The fourth-order valence-corrected chi connectivity index (χ4v) is 10.6. The van der Waals surface area contributed by atoms with Crippen molar-refractivity contribution in [1.82, 2.24) is 9.80 Å². The van der Waals surface area contributed by atoms with Crippen molar-refractivity contribution in [1.29, 1.82) is 0 Å². The molecule has 5 heterocycles. The van der Waals surface area contributed by atoms with Gasteiger partial charge in [-0.2, -0.15) is 0 Å². The van der Waals surface area contributed by atoms with E-state index in [2.05, 4.69) is 23.0 Å². The molecule has 3 aromatic rings. The van der Waals surface area contributed by atoms with E-state index < -0.39 is 73.3 Å². The van der Waals surface area contributed by atoms with Gasteiger partial charge in [-0.1, -0.05) is 30.4 Å². The molecule has 5 aliphatic heterocycles. The molecule has 0 aromatic heterocycles. The van der Waals surface area contributed by atoms with Gasteiger partial charge in [0.1, 0.15) is 30.7 Å². The number of nitrogens with zero attached hydrogens (tertiary/aromatic N) is 4. The number of hydrogen-bond donors (Lipinski definition) is 6. The van der Waals surface area contributed by atoms with Gasteiger partial charge in [-0.25, -0.2) is 20.4 Å². The van der Waals surface area contributed by atoms with Crippen molar-refractivity contribution in [2.45, 2.75) is 101 Å². The summed E-state index contributed by atoms with van der Waals surface area (Å²) in [4.78, 5) is 81.4. The maximum atomic E-state index is 14.5. The molecule has 3 amide bonds. The van der Waals surface area contributed by atoms with Gasteiger partial charge in [-0.3, -0.25) is 19.4 Å². The molecule has 486 valence electrons. The number of anilines is 1. The van der Waals surface area contributed by atoms with Crippen molar-refractivity contribution in [3.63, 3.8) is 0 Å². The number of hydrogen-bond acceptors (Lipinski definition) is 24. The Balaban J connectivity index is 0.888. The summed E-state index contributed by atoms with van der Waals surface area (Å²) in [5, 5.41) is 53.3. The molecule has 5 aliphatic rings. The molecule has 8 atom stereocenters. The topological polar surface area (TPSA) is 355 Å². The number of ketones is 1. The van der Waals surface area contributed by atoms with E-state index in [1.165, 1.54) is 49.5 Å². The Hall–Kier alpha value is -7.32. The monoisotopic (exact) mass is 1250 g/mol. The van der Waals surface area contributed by atoms with E-state index in [1.807, 2.05) is 0 Å². The van der Waals surface area contributed by atoms with Crippen LogP contribution >= 0.6 is 0 Å². The number of aliphatic carboxylic acids is 1. The van der Waals surface area contributed by atoms with Crippen LogP contribution in [0.2, 0.25) is 0 Å². The minimum atomic E-state index is -2.01. The molecule has 28 nitrogen and oxygen atoms in total. The Morgan fingerprint density at radius 3 is 1.87 bits per heavy atom. The number of carboxylic acid groups (broad SMARTS) is 1. The summed E-state index contributed by atoms with van der Waals surface area (Å²) in [6, 6.07) is 9.20. The third kappa shape index (κ3) is 17.3. The predicted molar refractivity (Wildman–Crippen MR) is 314 cm³/mol. The number of methoxy groups -OCH3 is 2. The lowest BCUT2D eigenvalue weighted by Gasteiger charge is -2.38. The van der Waals surface area contributed by atoms with Crippen LogP contribution in [0.5, 0.6) is 28.7 Å². The second-order valence-corrected chi connectivity index (χ2v) is 21.5. The van der Waals surface area contributed by atoms with Crippen molar-refractivity contribution in [3.05, 3.63) is 89.0 Å². The highest BCUT2D eigenvalue weighted by Gasteiger charge is 2.49. The number of aliphatic imine (C=N–C) groups is 1. The number of carbonyl (C=O) groups is 5. The van der Waals surface area contributed by atoms with Gasteiger partial charge in [0.15, 0.2) is 41.1 Å². The van der Waals surface area contributed by atoms with E-state index >= 15 is 0 Å². The second kappa shape index (κ2) is 33.0. The molecule has 3 fully saturated rings. The quantitative estimate of drug-likeness (QED) is 0.0213. The van der Waals surface area contributed by atoms with Crippen molar-refractivity contribution < 1.29 is 111 Å². The summed E-state index contributed by atoms with van der Waals surface area (Å²) < 4.78 is 68.1. The molecule has 0 saturated carbocycles. The molecular formula is C61H79N5O23. The molecule has 1 unspecified atom stereocenters. The van der Waals surface area contributed by atoms with Crippen LogP contribution in [0, 0.1) is 0 Å². The van der Waals surface area contributed by atoms with Crippen LogP contribution in [-0.4, -0.2) is 233 Å². The fraction of sp³-hybridized carbons (Fsp3) is 0.541. The first-order chi connectivity index (χ1) is 43.0. The van der Waals surface area contributed by atoms with E-state index in [9.17, 15) is 49.5 Å². The highest BCUT2D eigenvalue weighted by Crippen LogP contribution is 2.43. The van der Waals surface area contributed by atoms with E-state index in [0.29, 0.717) is 120 Å². The van der Waals surface area contributed by atoms with Crippen LogP contribution < -0.4 is 34.5 Å². The van der Waals surface area contributed by atoms with Crippen molar-refractivity contribution >= 4 is 47.2 Å². The van der Waals surface area contributed by atoms with Crippen LogP contribution in [0.3, 0.4) is 0 Å². The van der Waals surface area contributed by atoms with Crippen molar-refractivity contribution in [2.24, 2.45) is 10.9 Å². The molecule has 3 saturated heterocycles. The number of rotatable bonds is 35. The van der Waals surface area contributed by atoms with Crippen molar-refractivity contribution in [3.8, 4) is 28.7 Å². The number of unbranched alkanes of at least 4 members (excludes halogenated alkanes) is 2. The number of amides is 3. The van der Waals surface area contributed by atoms with Gasteiger partial charge in [0.05, 0.1) is 134 Å². The standard InChI is InChI=1S/C61H79N5O23/c1-36-25-39-32-63-43-30-50(48(77-3)28-40(43)56(71)64(39)33-36)84-13-6-5-7-14-85-51-31-44-41(29-49(51)78-4)57(72)65-34-37(2)26-45(65)58(73)66(44)61(76)86-35-38-10-11-47(88-60-54(70)52(68)53(69)55(89-60)59(74)75)42(27-38)46(67)9-8-12-79-15-16-80-17-18-81-19-20-82-21-22-83-23-24-87-62/h10-11,27-32,39,45,52-55,58,60,68-70,73H,1-2,5-9,12-26,33-35,62H2,3-4H3,(H,74,75)/t39-,45+,52+,53+,54-,55+,58?,60-/m1/s1. The summed E-state index contributed by atoms with van der Waals surface area (Å²) >= 11 is 0. The van der Waals surface area contributed by atoms with E-state index in [0.717, 1.165) is 10.5 Å². The van der Waals surface area contributed by atoms with Gasteiger partial charge in [0.25, 0.3) is 11.8 Å². The molecule has 0 spiro atoms. The summed E-state index contributed by atoms with van der Waals surface area (Å²) in [6.07, 6.45) is -8.05. The van der Waals surface area contributed by atoms with Crippen LogP contribution in [-0.2, 0) is 49.4 Å². The molecule has 0 bridgehead atoms. The Kier molecular flexibility index (Phi) is 25.0. The first-order valence-corrected chi connectivity index (χ1v) is 29.3. The minimum Gasteiger partial charge on any atom is -0.493 e. The second-order valence-electron chi connectivity index (χ2n) is 21.5. The van der Waals surface area contributed by atoms with E-state index in [-0.39, 0.29) is 104 Å². The average molecular weight is 1250 g/mol. The Morgan fingerprint density at radius 1 is 0.652 bits per heavy atom. The summed E-state index contributed by atoms with van der Waals surface area (Å²) in [6.45, 7) is 12.1. The Bertz CT molecular complexity index is 3000. The number of carbonyl (C=O) groups excluding carboxylic acids is 4. The first-order valence-electron chi connectivity index (χ1n) is 29.3. The summed E-state index contributed by atoms with van der Waals surface area (Å²) in [5.41, 5.74) is 2.61. The molecule has 0 radical (unpaired) electrons. The normalized spacial score (nSPS) is 22.0. The lowest BCUT2D eigenvalue weighted by Crippen LogP contribution is -2.61. The SMILES string of the molecule is C=C1C[C@@H]2C=Nc3cc(OCCCCCOc4cc5c(cc4OC)C(=O)N4CC(=C)C[C@H]4C(O)N5C(=O)OCc4ccc(O[C@@H]5O[C@H](C(=O)O)[C@@H](O)[C@H](O)[C@H]5O)c(C(=O)CCCOCCOCCOCCOCCOCCON)c4)c(OC)cc3C(=O)N2C1. The maximum Gasteiger partial charge on any atom is 0.416 e. The minimum absolute atomic E-state index is 0.00632. The molecule has 28 heteroatoms. The van der Waals surface area contributed by atoms with Gasteiger partial charge in [-0.15, -0.1) is 0 Å². The van der Waals surface area contributed by atoms with Gasteiger partial charge < -0.3 is 97.0 Å². The van der Waals surface area contributed by atoms with Gasteiger partial charge in [-0.05, 0) is 68.4 Å². The molecular weight excluding hydrogens is 1170 g/mol. The van der Waals surface area contributed by atoms with E-state index in [1.54, 1.807) is 23.2 Å². The number of fused-ring (bicyclic) bond motifs is 4. The third-order valence-electron chi connectivity index (χ3n) is 15.2. The number of aliphatic hydroxyl groups excluding tert-OH is 4. The number of ether oxygens (including phenoxy) is 12. The largest absolute Gasteiger partial charge is 0.493 e. The van der Waals surface area contributed by atoms with Gasteiger partial charge in [0.2, 0.25) is 6.29 Å². The van der Waals surface area contributed by atoms with Crippen LogP contribution in [0.15, 0.2) is 71.8 Å². The van der Waals surface area contributed by atoms with Crippen LogP contribution in [0.4, 0.5) is 16.2 Å². The Morgan fingerprint density at radius 2 is 1.24 bits per heavy atom. The Labute approximate surface area is 514 Å². The lowest BCUT2D eigenvalue weighted by atomic mass is 9.98. The molecule has 7 N–H and O–H groups in total. The third-order valence-corrected chi connectivity index (χ3v) is 15.2. The lowest BCUT2D eigenvalue weighted by molar-refractivity contribution is -0.271. The smallest absolute Gasteiger partial charge is 0.416 e. The zero-order chi connectivity index (χ0) is 63.6. The molecule has 0 aliphatic carbocycles. The summed E-state index contributed by atoms with van der Waals surface area (Å²) in [7, 11) is 2.90. The highest BCUT2D eigenvalue weighted by molar-refractivity contribution is 6.06. The van der Waals surface area contributed by atoms with Crippen LogP contribution in [0.1, 0.15) is 81.6 Å². The number of Topliss-reactive ketones (excluding diaryl/α,β-unsaturated/α-hetero) is 1. The maximum absolute atomic E-state index is 14.5. The molecule has 89 heavy (non-hydrogen) atoms. The molecule has 8 rings (SSSR count). The first kappa shape index (κ1) is 67.6. The predicted octanol–water partition coefficient (Wildman–Crippen LogP) is 3.27. The summed E-state index contributed by atoms with van der Waals surface area (Å²) in [5.74, 6) is 3.10. The van der Waals surface area contributed by atoms with E-state index in [4.69, 9.17) is 62.7 Å². The number of carboxylic acids is 1. The fourth-order valence-electron chi connectivity index (χ4n) is 10.6. The molecule has 3 aromatic carbocycles. The highest BCUT2D eigenvalue weighted by atomic mass is 16.7. The number of aliphatic hydroxyl groups is 4. The zero-order valence-electron chi connectivity index (χ0n) is 49.9. The van der Waals surface area contributed by atoms with Crippen LogP contribution in [0.25, 0.3) is 0 Å². The average Bonchev–Trinajstić information content (AvgIpc) is 2.31. The van der Waals surface area contributed by atoms with Crippen molar-refractivity contribution in [2.75, 3.05) is 118 Å². The zero-order valence-corrected chi connectivity index (χ0v) is 49.9.